The fourth-order valence-corrected chi connectivity index (χ4v) is 4.16. The summed E-state index contributed by atoms with van der Waals surface area (Å²) in [6.45, 7) is 4.56. The van der Waals surface area contributed by atoms with E-state index < -0.39 is 21.6 Å². The van der Waals surface area contributed by atoms with Gasteiger partial charge in [-0.25, -0.2) is 8.42 Å². The Kier molecular flexibility index (Phi) is 6.62. The number of ether oxygens (including phenoxy) is 1. The van der Waals surface area contributed by atoms with Gasteiger partial charge in [0, 0.05) is 30.8 Å². The first-order valence-corrected chi connectivity index (χ1v) is 11.7. The summed E-state index contributed by atoms with van der Waals surface area (Å²) in [7, 11) is -3.58. The van der Waals surface area contributed by atoms with Gasteiger partial charge in [-0.1, -0.05) is 0 Å². The molecule has 0 fully saturated rings. The number of hydrogen-bond donors (Lipinski definition) is 0. The van der Waals surface area contributed by atoms with Gasteiger partial charge in [0.25, 0.3) is 0 Å². The van der Waals surface area contributed by atoms with Crippen molar-refractivity contribution in [1.29, 1.82) is 0 Å². The maximum atomic E-state index is 13.5. The van der Waals surface area contributed by atoms with Crippen molar-refractivity contribution in [3.63, 3.8) is 0 Å². The van der Waals surface area contributed by atoms with Crippen LogP contribution in [0.3, 0.4) is 0 Å². The fraction of sp³-hybridized carbons (Fsp3) is 0.304. The van der Waals surface area contributed by atoms with Crippen molar-refractivity contribution in [2.45, 2.75) is 31.3 Å². The van der Waals surface area contributed by atoms with Gasteiger partial charge >= 0.3 is 6.18 Å². The second-order valence-electron chi connectivity index (χ2n) is 7.29. The van der Waals surface area contributed by atoms with Gasteiger partial charge in [-0.05, 0) is 79.4 Å². The van der Waals surface area contributed by atoms with Crippen molar-refractivity contribution >= 4 is 9.84 Å². The van der Waals surface area contributed by atoms with Gasteiger partial charge in [0.15, 0.2) is 9.84 Å². The van der Waals surface area contributed by atoms with Crippen molar-refractivity contribution in [1.82, 2.24) is 4.57 Å². The first-order valence-electron chi connectivity index (χ1n) is 9.78. The molecule has 0 bridgehead atoms. The number of aromatic nitrogens is 1. The van der Waals surface area contributed by atoms with E-state index in [-0.39, 0.29) is 4.90 Å². The molecule has 0 aliphatic carbocycles. The molecule has 0 unspecified atom stereocenters. The topological polar surface area (TPSA) is 48.3 Å². The summed E-state index contributed by atoms with van der Waals surface area (Å²) in [5.41, 5.74) is 1.94. The summed E-state index contributed by atoms with van der Waals surface area (Å²) in [4.78, 5) is 0.0652. The molecule has 2 aromatic carbocycles. The van der Waals surface area contributed by atoms with Crippen molar-refractivity contribution in [3.05, 3.63) is 71.5 Å². The normalized spacial score (nSPS) is 12.3. The molecule has 0 saturated carbocycles. The van der Waals surface area contributed by atoms with E-state index in [1.165, 1.54) is 12.1 Å². The van der Waals surface area contributed by atoms with E-state index in [2.05, 4.69) is 0 Å². The number of hydrogen-bond acceptors (Lipinski definition) is 3. The second-order valence-corrected chi connectivity index (χ2v) is 9.31. The molecule has 0 radical (unpaired) electrons. The summed E-state index contributed by atoms with van der Waals surface area (Å²) in [6.07, 6.45) is 0.487. The maximum absolute atomic E-state index is 13.5. The van der Waals surface area contributed by atoms with Gasteiger partial charge in [-0.15, -0.1) is 0 Å². The Labute approximate surface area is 180 Å². The van der Waals surface area contributed by atoms with Gasteiger partial charge in [-0.3, -0.25) is 0 Å². The Hall–Kier alpha value is -2.58. The van der Waals surface area contributed by atoms with E-state index in [1.807, 2.05) is 6.92 Å². The van der Waals surface area contributed by atoms with Crippen LogP contribution in [-0.4, -0.2) is 32.5 Å². The molecule has 1 aromatic heterocycles. The Bertz CT molecular complexity index is 1170. The first kappa shape index (κ1) is 23.1. The van der Waals surface area contributed by atoms with Crippen LogP contribution in [0.2, 0.25) is 0 Å². The number of benzene rings is 2. The Balaban J connectivity index is 2.30. The summed E-state index contributed by atoms with van der Waals surface area (Å²) in [5.74, 6) is 0. The average molecular weight is 452 g/mol. The van der Waals surface area contributed by atoms with Crippen LogP contribution < -0.4 is 0 Å². The minimum absolute atomic E-state index is 0.0652. The minimum Gasteiger partial charge on any atom is -0.381 e. The van der Waals surface area contributed by atoms with Gasteiger partial charge in [-0.2, -0.15) is 13.2 Å². The highest BCUT2D eigenvalue weighted by atomic mass is 32.2. The van der Waals surface area contributed by atoms with Crippen LogP contribution in [0.4, 0.5) is 13.2 Å². The van der Waals surface area contributed by atoms with Crippen molar-refractivity contribution in [3.8, 4) is 16.8 Å². The predicted molar refractivity (Wildman–Crippen MR) is 114 cm³/mol. The zero-order valence-corrected chi connectivity index (χ0v) is 18.3. The molecule has 31 heavy (non-hydrogen) atoms. The zero-order valence-electron chi connectivity index (χ0n) is 17.5. The van der Waals surface area contributed by atoms with E-state index in [9.17, 15) is 21.6 Å². The van der Waals surface area contributed by atoms with E-state index in [1.54, 1.807) is 42.1 Å². The SMILES string of the molecule is CCOCCc1cc(S(C)(=O)=O)cc(-c2cc(C(F)(F)F)ccc2-n2cccc2)c1C. The van der Waals surface area contributed by atoms with E-state index in [4.69, 9.17) is 4.74 Å². The molecule has 166 valence electrons. The van der Waals surface area contributed by atoms with Crippen molar-refractivity contribution < 1.29 is 26.3 Å². The molecule has 0 atom stereocenters. The van der Waals surface area contributed by atoms with Crippen LogP contribution >= 0.6 is 0 Å². The molecular weight excluding hydrogens is 427 g/mol. The molecule has 3 rings (SSSR count). The molecule has 8 heteroatoms. The van der Waals surface area contributed by atoms with Crippen LogP contribution in [0.15, 0.2) is 59.8 Å². The number of halogens is 3. The van der Waals surface area contributed by atoms with E-state index in [0.29, 0.717) is 36.4 Å². The first-order chi connectivity index (χ1) is 14.5. The lowest BCUT2D eigenvalue weighted by Crippen LogP contribution is -2.08. The van der Waals surface area contributed by atoms with Crippen LogP contribution in [0.1, 0.15) is 23.6 Å². The molecule has 3 aromatic rings. The zero-order chi connectivity index (χ0) is 22.8. The van der Waals surface area contributed by atoms with Crippen LogP contribution in [0.25, 0.3) is 16.8 Å². The molecule has 0 aliphatic heterocycles. The van der Waals surface area contributed by atoms with Crippen LogP contribution in [0.5, 0.6) is 0 Å². The summed E-state index contributed by atoms with van der Waals surface area (Å²) in [5, 5.41) is 0. The minimum atomic E-state index is -4.52. The third-order valence-electron chi connectivity index (χ3n) is 5.13. The Morgan fingerprint density at radius 1 is 1.03 bits per heavy atom. The largest absolute Gasteiger partial charge is 0.416 e. The number of sulfone groups is 1. The number of rotatable bonds is 7. The highest BCUT2D eigenvalue weighted by Gasteiger charge is 2.31. The molecule has 0 saturated heterocycles. The molecule has 0 amide bonds. The van der Waals surface area contributed by atoms with Crippen LogP contribution in [-0.2, 0) is 27.2 Å². The quantitative estimate of drug-likeness (QED) is 0.449. The molecular formula is C23H24F3NO3S. The summed E-state index contributed by atoms with van der Waals surface area (Å²) < 4.78 is 72.3. The van der Waals surface area contributed by atoms with Gasteiger partial charge < -0.3 is 9.30 Å². The molecule has 0 N–H and O–H groups in total. The smallest absolute Gasteiger partial charge is 0.381 e. The molecule has 4 nitrogen and oxygen atoms in total. The van der Waals surface area contributed by atoms with Gasteiger partial charge in [0.1, 0.15) is 0 Å². The standard InChI is InChI=1S/C23H24F3NO3S/c1-4-30-12-9-17-13-19(31(3,28)29)15-20(16(17)2)21-14-18(23(24,25)26)7-8-22(21)27-10-5-6-11-27/h5-8,10-11,13-15H,4,9,12H2,1-3H3. The summed E-state index contributed by atoms with van der Waals surface area (Å²) in [6, 6.07) is 10.1. The lowest BCUT2D eigenvalue weighted by atomic mass is 9.92. The lowest BCUT2D eigenvalue weighted by Gasteiger charge is -2.19. The fourth-order valence-electron chi connectivity index (χ4n) is 3.47. The molecule has 0 spiro atoms. The number of nitrogens with zero attached hydrogens (tertiary/aromatic N) is 1. The van der Waals surface area contributed by atoms with Crippen molar-refractivity contribution in [2.24, 2.45) is 0 Å². The second kappa shape index (κ2) is 8.88. The van der Waals surface area contributed by atoms with Gasteiger partial charge in [0.05, 0.1) is 22.8 Å². The summed E-state index contributed by atoms with van der Waals surface area (Å²) >= 11 is 0. The highest BCUT2D eigenvalue weighted by molar-refractivity contribution is 7.90. The molecule has 0 aliphatic rings. The van der Waals surface area contributed by atoms with Crippen molar-refractivity contribution in [2.75, 3.05) is 19.5 Å². The third kappa shape index (κ3) is 5.19. The Morgan fingerprint density at radius 3 is 2.29 bits per heavy atom. The third-order valence-corrected chi connectivity index (χ3v) is 6.23. The van der Waals surface area contributed by atoms with Gasteiger partial charge in [0.2, 0.25) is 0 Å². The predicted octanol–water partition coefficient (Wildman–Crippen LogP) is 5.45. The average Bonchev–Trinajstić information content (AvgIpc) is 3.22. The molecule has 1 heterocycles. The monoisotopic (exact) mass is 451 g/mol. The maximum Gasteiger partial charge on any atom is 0.416 e. The van der Waals surface area contributed by atoms with Crippen LogP contribution in [0, 0.1) is 6.92 Å². The van der Waals surface area contributed by atoms with E-state index >= 15 is 0 Å². The Morgan fingerprint density at radius 2 is 1.71 bits per heavy atom. The van der Waals surface area contributed by atoms with E-state index in [0.717, 1.165) is 29.5 Å². The highest BCUT2D eigenvalue weighted by Crippen LogP contribution is 2.38. The number of alkyl halides is 3. The lowest BCUT2D eigenvalue weighted by molar-refractivity contribution is -0.137.